The van der Waals surface area contributed by atoms with Gasteiger partial charge in [-0.3, -0.25) is 0 Å². The Hall–Kier alpha value is -1.02. The average molecular weight is 205 g/mol. The fourth-order valence-corrected chi connectivity index (χ4v) is 1.46. The number of rotatable bonds is 4. The van der Waals surface area contributed by atoms with Crippen molar-refractivity contribution in [2.24, 2.45) is 0 Å². The maximum Gasteiger partial charge on any atom is 0.215 e. The van der Waals surface area contributed by atoms with E-state index in [9.17, 15) is 8.42 Å². The largest absolute Gasteiger partial charge is 0.231 e. The van der Waals surface area contributed by atoms with Crippen LogP contribution in [-0.4, -0.2) is 52.8 Å². The molecule has 0 aliphatic carbocycles. The second-order valence-corrected chi connectivity index (χ2v) is 4.97. The van der Waals surface area contributed by atoms with E-state index in [0.717, 1.165) is 0 Å². The summed E-state index contributed by atoms with van der Waals surface area (Å²) >= 11 is 0. The van der Waals surface area contributed by atoms with Crippen molar-refractivity contribution in [1.82, 2.24) is 24.5 Å². The highest BCUT2D eigenvalue weighted by molar-refractivity contribution is 7.89. The van der Waals surface area contributed by atoms with E-state index in [1.807, 2.05) is 0 Å². The van der Waals surface area contributed by atoms with Crippen LogP contribution in [-0.2, 0) is 16.6 Å². The van der Waals surface area contributed by atoms with E-state index in [1.54, 1.807) is 0 Å². The number of aromatic nitrogens is 4. The third-order valence-corrected chi connectivity index (χ3v) is 3.34. The Morgan fingerprint density at radius 1 is 1.46 bits per heavy atom. The van der Waals surface area contributed by atoms with Gasteiger partial charge in [0.05, 0.1) is 12.3 Å². The van der Waals surface area contributed by atoms with E-state index < -0.39 is 10.0 Å². The van der Waals surface area contributed by atoms with Gasteiger partial charge in [-0.05, 0) is 10.4 Å². The van der Waals surface area contributed by atoms with E-state index in [-0.39, 0.29) is 12.3 Å². The van der Waals surface area contributed by atoms with Gasteiger partial charge in [-0.2, -0.15) is 0 Å². The summed E-state index contributed by atoms with van der Waals surface area (Å²) in [4.78, 5) is 0. The van der Waals surface area contributed by atoms with Crippen LogP contribution < -0.4 is 0 Å². The Kier molecular flexibility index (Phi) is 2.94. The van der Waals surface area contributed by atoms with Gasteiger partial charge in [-0.1, -0.05) is 0 Å². The highest BCUT2D eigenvalue weighted by Gasteiger charge is 2.13. The van der Waals surface area contributed by atoms with Gasteiger partial charge in [-0.15, -0.1) is 5.10 Å². The van der Waals surface area contributed by atoms with Crippen molar-refractivity contribution < 1.29 is 8.42 Å². The van der Waals surface area contributed by atoms with Crippen LogP contribution in [0.5, 0.6) is 0 Å². The zero-order valence-electron chi connectivity index (χ0n) is 7.45. The Morgan fingerprint density at radius 2 is 2.15 bits per heavy atom. The number of nitrogens with zero attached hydrogens (tertiary/aromatic N) is 5. The van der Waals surface area contributed by atoms with E-state index >= 15 is 0 Å². The Bertz CT molecular complexity index is 343. The summed E-state index contributed by atoms with van der Waals surface area (Å²) in [7, 11) is -0.167. The van der Waals surface area contributed by atoms with Crippen molar-refractivity contribution in [2.45, 2.75) is 6.54 Å². The van der Waals surface area contributed by atoms with Crippen molar-refractivity contribution in [3.8, 4) is 0 Å². The van der Waals surface area contributed by atoms with E-state index in [0.29, 0.717) is 0 Å². The topological polar surface area (TPSA) is 81.0 Å². The Balaban J connectivity index is 2.53. The van der Waals surface area contributed by atoms with E-state index in [4.69, 9.17) is 0 Å². The molecule has 8 heteroatoms. The fourth-order valence-electron chi connectivity index (χ4n) is 0.674. The van der Waals surface area contributed by atoms with Crippen LogP contribution in [0.3, 0.4) is 0 Å². The summed E-state index contributed by atoms with van der Waals surface area (Å²) in [5, 5.41) is 10.3. The molecule has 0 fully saturated rings. The molecule has 1 aromatic rings. The van der Waals surface area contributed by atoms with Crippen molar-refractivity contribution in [3.05, 3.63) is 6.33 Å². The summed E-state index contributed by atoms with van der Waals surface area (Å²) in [5.74, 6) is 0.00500. The summed E-state index contributed by atoms with van der Waals surface area (Å²) in [6.07, 6.45) is 1.38. The molecule has 1 rings (SSSR count). The minimum Gasteiger partial charge on any atom is -0.231 e. The van der Waals surface area contributed by atoms with Gasteiger partial charge in [0.1, 0.15) is 6.33 Å². The van der Waals surface area contributed by atoms with Crippen LogP contribution >= 0.6 is 0 Å². The molecule has 0 spiro atoms. The van der Waals surface area contributed by atoms with E-state index in [1.165, 1.54) is 29.4 Å². The molecule has 0 saturated carbocycles. The van der Waals surface area contributed by atoms with Crippen LogP contribution in [0.2, 0.25) is 0 Å². The summed E-state index contributed by atoms with van der Waals surface area (Å²) in [6, 6.07) is 0. The molecule has 0 radical (unpaired) electrons. The molecule has 0 saturated heterocycles. The lowest BCUT2D eigenvalue weighted by Crippen LogP contribution is -2.27. The lowest BCUT2D eigenvalue weighted by molar-refractivity contribution is 0.510. The first-order valence-electron chi connectivity index (χ1n) is 3.63. The Labute approximate surface area is 76.4 Å². The SMILES string of the molecule is CN(C)S(=O)(=O)CCn1cnnn1. The van der Waals surface area contributed by atoms with Gasteiger partial charge in [0.2, 0.25) is 10.0 Å². The third kappa shape index (κ3) is 2.74. The van der Waals surface area contributed by atoms with Gasteiger partial charge in [0.25, 0.3) is 0 Å². The molecule has 7 nitrogen and oxygen atoms in total. The normalized spacial score (nSPS) is 12.2. The monoisotopic (exact) mass is 205 g/mol. The molecule has 1 aromatic heterocycles. The van der Waals surface area contributed by atoms with Crippen LogP contribution in [0.15, 0.2) is 6.33 Å². The number of hydrogen-bond donors (Lipinski definition) is 0. The van der Waals surface area contributed by atoms with Gasteiger partial charge >= 0.3 is 0 Å². The predicted molar refractivity (Wildman–Crippen MR) is 45.3 cm³/mol. The second-order valence-electron chi connectivity index (χ2n) is 2.67. The molecule has 0 unspecified atom stereocenters. The molecule has 0 aliphatic heterocycles. The van der Waals surface area contributed by atoms with Gasteiger partial charge in [0, 0.05) is 14.1 Å². The standard InChI is InChI=1S/C5H11N5O2S/c1-9(2)13(11,12)4-3-10-5-6-7-8-10/h5H,3-4H2,1-2H3. The van der Waals surface area contributed by atoms with Crippen molar-refractivity contribution in [3.63, 3.8) is 0 Å². The first-order valence-corrected chi connectivity index (χ1v) is 5.24. The number of sulfonamides is 1. The summed E-state index contributed by atoms with van der Waals surface area (Å²) < 4.78 is 25.1. The molecular formula is C5H11N5O2S. The number of tetrazole rings is 1. The predicted octanol–water partition coefficient (Wildman–Crippen LogP) is -1.44. The molecule has 0 N–H and O–H groups in total. The van der Waals surface area contributed by atoms with E-state index in [2.05, 4.69) is 15.5 Å². The maximum absolute atomic E-state index is 11.3. The smallest absolute Gasteiger partial charge is 0.215 e. The fraction of sp³-hybridized carbons (Fsp3) is 0.800. The number of aryl methyl sites for hydroxylation is 1. The Morgan fingerprint density at radius 3 is 2.62 bits per heavy atom. The molecule has 13 heavy (non-hydrogen) atoms. The van der Waals surface area contributed by atoms with Crippen LogP contribution in [0.1, 0.15) is 0 Å². The minimum absolute atomic E-state index is 0.00500. The molecule has 74 valence electrons. The lowest BCUT2D eigenvalue weighted by Gasteiger charge is -2.09. The molecular weight excluding hydrogens is 194 g/mol. The van der Waals surface area contributed by atoms with Gasteiger partial charge in [0.15, 0.2) is 0 Å². The summed E-state index contributed by atoms with van der Waals surface area (Å²) in [5.41, 5.74) is 0. The molecule has 0 bridgehead atoms. The highest BCUT2D eigenvalue weighted by Crippen LogP contribution is 1.94. The van der Waals surface area contributed by atoms with Crippen LogP contribution in [0.4, 0.5) is 0 Å². The van der Waals surface area contributed by atoms with Crippen LogP contribution in [0.25, 0.3) is 0 Å². The first-order chi connectivity index (χ1) is 6.02. The van der Waals surface area contributed by atoms with Crippen molar-refractivity contribution in [1.29, 1.82) is 0 Å². The lowest BCUT2D eigenvalue weighted by atomic mass is 10.8. The highest BCUT2D eigenvalue weighted by atomic mass is 32.2. The van der Waals surface area contributed by atoms with Crippen LogP contribution in [0, 0.1) is 0 Å². The maximum atomic E-state index is 11.3. The summed E-state index contributed by atoms with van der Waals surface area (Å²) in [6.45, 7) is 0.271. The molecule has 0 aliphatic rings. The van der Waals surface area contributed by atoms with Gasteiger partial charge in [-0.25, -0.2) is 17.4 Å². The zero-order chi connectivity index (χ0) is 9.90. The zero-order valence-corrected chi connectivity index (χ0v) is 8.27. The quantitative estimate of drug-likeness (QED) is 0.601. The molecule has 0 aromatic carbocycles. The molecule has 1 heterocycles. The van der Waals surface area contributed by atoms with Crippen molar-refractivity contribution >= 4 is 10.0 Å². The second kappa shape index (κ2) is 3.79. The molecule has 0 amide bonds. The molecule has 0 atom stereocenters. The van der Waals surface area contributed by atoms with Gasteiger partial charge < -0.3 is 0 Å². The number of hydrogen-bond acceptors (Lipinski definition) is 5. The van der Waals surface area contributed by atoms with Crippen molar-refractivity contribution in [2.75, 3.05) is 19.8 Å². The minimum atomic E-state index is -3.16. The first kappa shape index (κ1) is 10.1. The average Bonchev–Trinajstić information content (AvgIpc) is 2.52. The third-order valence-electron chi connectivity index (χ3n) is 1.53.